The Morgan fingerprint density at radius 1 is 1.02 bits per heavy atom. The summed E-state index contributed by atoms with van der Waals surface area (Å²) in [4.78, 5) is 20.2. The van der Waals surface area contributed by atoms with Crippen LogP contribution in [0.5, 0.6) is 17.2 Å². The van der Waals surface area contributed by atoms with Crippen molar-refractivity contribution in [2.24, 2.45) is 4.99 Å². The molecular formula is C33H40ClF2N5O4S. The smallest absolute Gasteiger partial charge is 0.311 e. The fraction of sp³-hybridized carbons (Fsp3) is 0.424. The number of halogens is 3. The van der Waals surface area contributed by atoms with Crippen molar-refractivity contribution in [3.05, 3.63) is 86.9 Å². The van der Waals surface area contributed by atoms with Crippen LogP contribution in [0.3, 0.4) is 0 Å². The molecule has 1 saturated heterocycles. The van der Waals surface area contributed by atoms with Crippen LogP contribution in [0.2, 0.25) is 5.02 Å². The van der Waals surface area contributed by atoms with E-state index in [0.29, 0.717) is 55.8 Å². The first-order valence-corrected chi connectivity index (χ1v) is 17.2. The van der Waals surface area contributed by atoms with Crippen LogP contribution >= 0.6 is 23.4 Å². The van der Waals surface area contributed by atoms with Gasteiger partial charge in [-0.15, -0.1) is 0 Å². The van der Waals surface area contributed by atoms with Gasteiger partial charge in [0.15, 0.2) is 11.7 Å². The number of rotatable bonds is 15. The lowest BCUT2D eigenvalue weighted by atomic mass is 10.2. The van der Waals surface area contributed by atoms with Gasteiger partial charge in [-0.25, -0.2) is 13.8 Å². The summed E-state index contributed by atoms with van der Waals surface area (Å²) in [7, 11) is 0. The number of nitrogens with one attached hydrogen (secondary N) is 1. The number of nitrogens with zero attached hydrogens (tertiary/aromatic N) is 4. The third kappa shape index (κ3) is 10.1. The molecule has 0 saturated carbocycles. The quantitative estimate of drug-likeness (QED) is 0.0571. The zero-order chi connectivity index (χ0) is 32.9. The number of aliphatic imine (C=N–C) groups is 1. The largest absolute Gasteiger partial charge is 0.487 e. The number of thioether (sulfide) groups is 1. The van der Waals surface area contributed by atoms with Gasteiger partial charge in [-0.2, -0.15) is 11.8 Å². The minimum absolute atomic E-state index is 0.0560. The van der Waals surface area contributed by atoms with Crippen molar-refractivity contribution in [1.29, 1.82) is 0 Å². The molecule has 0 radical (unpaired) electrons. The van der Waals surface area contributed by atoms with E-state index >= 15 is 0 Å². The number of nitro groups is 1. The van der Waals surface area contributed by atoms with Crippen LogP contribution in [0.1, 0.15) is 38.2 Å². The van der Waals surface area contributed by atoms with E-state index in [1.807, 2.05) is 11.8 Å². The van der Waals surface area contributed by atoms with Crippen molar-refractivity contribution >= 4 is 40.7 Å². The zero-order valence-corrected chi connectivity index (χ0v) is 27.7. The van der Waals surface area contributed by atoms with Crippen molar-refractivity contribution in [3.63, 3.8) is 0 Å². The third-order valence-corrected chi connectivity index (χ3v) is 8.47. The highest BCUT2D eigenvalue weighted by Crippen LogP contribution is 2.33. The highest BCUT2D eigenvalue weighted by molar-refractivity contribution is 7.98. The fourth-order valence-electron chi connectivity index (χ4n) is 5.09. The topological polar surface area (TPSA) is 92.5 Å². The van der Waals surface area contributed by atoms with Crippen LogP contribution in [-0.4, -0.2) is 67.1 Å². The highest BCUT2D eigenvalue weighted by atomic mass is 35.5. The van der Waals surface area contributed by atoms with Gasteiger partial charge in [0.2, 0.25) is 0 Å². The van der Waals surface area contributed by atoms with E-state index in [2.05, 4.69) is 21.4 Å². The predicted octanol–water partition coefficient (Wildman–Crippen LogP) is 7.91. The number of hydrogen-bond acceptors (Lipinski definition) is 7. The summed E-state index contributed by atoms with van der Waals surface area (Å²) >= 11 is 7.79. The van der Waals surface area contributed by atoms with Crippen molar-refractivity contribution < 1.29 is 23.2 Å². The Bertz CT molecular complexity index is 1490. The van der Waals surface area contributed by atoms with Crippen LogP contribution in [0.25, 0.3) is 0 Å². The molecule has 1 aliphatic heterocycles. The molecule has 0 spiro atoms. The Kier molecular flexibility index (Phi) is 13.6. The number of ether oxygens (including phenoxy) is 2. The van der Waals surface area contributed by atoms with E-state index in [0.717, 1.165) is 30.8 Å². The van der Waals surface area contributed by atoms with Gasteiger partial charge >= 0.3 is 5.69 Å². The van der Waals surface area contributed by atoms with Gasteiger partial charge in [0.1, 0.15) is 23.1 Å². The Hall–Kier alpha value is -3.77. The molecule has 0 amide bonds. The molecule has 1 fully saturated rings. The molecule has 0 atom stereocenters. The first-order valence-electron chi connectivity index (χ1n) is 15.4. The van der Waals surface area contributed by atoms with Gasteiger partial charge in [-0.1, -0.05) is 24.4 Å². The molecule has 1 N–H and O–H groups in total. The molecule has 3 aromatic carbocycles. The first-order chi connectivity index (χ1) is 22.3. The van der Waals surface area contributed by atoms with E-state index in [-0.39, 0.29) is 23.0 Å². The molecule has 0 aliphatic carbocycles. The van der Waals surface area contributed by atoms with E-state index in [9.17, 15) is 18.9 Å². The summed E-state index contributed by atoms with van der Waals surface area (Å²) in [6, 6.07) is 13.2. The van der Waals surface area contributed by atoms with Crippen LogP contribution < -0.4 is 19.7 Å². The van der Waals surface area contributed by atoms with Gasteiger partial charge in [0.05, 0.1) is 23.1 Å². The molecule has 3 aromatic rings. The molecule has 9 nitrogen and oxygen atoms in total. The van der Waals surface area contributed by atoms with Crippen LogP contribution in [0.15, 0.2) is 59.6 Å². The van der Waals surface area contributed by atoms with Crippen LogP contribution in [0.4, 0.5) is 20.2 Å². The average Bonchev–Trinajstić information content (AvgIpc) is 3.05. The molecule has 46 heavy (non-hydrogen) atoms. The Morgan fingerprint density at radius 2 is 1.80 bits per heavy atom. The molecule has 248 valence electrons. The van der Waals surface area contributed by atoms with Gasteiger partial charge in [-0.3, -0.25) is 10.1 Å². The summed E-state index contributed by atoms with van der Waals surface area (Å²) in [6.45, 7) is 5.66. The van der Waals surface area contributed by atoms with Crippen LogP contribution in [0, 0.1) is 21.7 Å². The lowest BCUT2D eigenvalue weighted by Crippen LogP contribution is -2.52. The van der Waals surface area contributed by atoms with Gasteiger partial charge in [-0.05, 0) is 68.2 Å². The summed E-state index contributed by atoms with van der Waals surface area (Å²) in [5, 5.41) is 14.9. The SMILES string of the molecule is CCOc1cc(N2CCN(C(=NCc3cc(F)ccc3Oc3ccc(F)c(Cl)c3)NCCCCCCSC)CC2)ccc1[N+](=O)[O-]. The second kappa shape index (κ2) is 17.8. The number of unbranched alkanes of at least 4 members (excludes halogenated alkanes) is 3. The highest BCUT2D eigenvalue weighted by Gasteiger charge is 2.23. The second-order valence-corrected chi connectivity index (χ2v) is 12.1. The summed E-state index contributed by atoms with van der Waals surface area (Å²) in [6.07, 6.45) is 6.59. The van der Waals surface area contributed by atoms with E-state index in [4.69, 9.17) is 26.1 Å². The lowest BCUT2D eigenvalue weighted by Gasteiger charge is -2.38. The predicted molar refractivity (Wildman–Crippen MR) is 182 cm³/mol. The standard InChI is InChI=1S/C33H40ClF2N5O4S/c1-3-44-32-21-26(9-12-30(32)41(42)43)39-15-17-40(18-16-39)33(37-14-6-4-5-7-19-46-2)38-23-24-20-25(35)8-13-31(24)45-27-10-11-29(36)28(34)22-27/h8-13,20-22H,3-7,14-19,23H2,1-2H3,(H,37,38). The number of piperazine rings is 1. The zero-order valence-electron chi connectivity index (χ0n) is 26.1. The molecule has 0 unspecified atom stereocenters. The van der Waals surface area contributed by atoms with Crippen LogP contribution in [-0.2, 0) is 6.54 Å². The number of guanidine groups is 1. The third-order valence-electron chi connectivity index (χ3n) is 7.48. The molecule has 0 aromatic heterocycles. The Labute approximate surface area is 278 Å². The van der Waals surface area contributed by atoms with E-state index in [1.54, 1.807) is 19.1 Å². The molecule has 13 heteroatoms. The van der Waals surface area contributed by atoms with Gasteiger partial charge in [0.25, 0.3) is 0 Å². The molecule has 1 heterocycles. The number of hydrogen-bond donors (Lipinski definition) is 1. The summed E-state index contributed by atoms with van der Waals surface area (Å²) < 4.78 is 39.5. The second-order valence-electron chi connectivity index (χ2n) is 10.7. The van der Waals surface area contributed by atoms with Crippen molar-refractivity contribution in [2.45, 2.75) is 39.2 Å². The summed E-state index contributed by atoms with van der Waals surface area (Å²) in [5.41, 5.74) is 1.33. The maximum absolute atomic E-state index is 14.4. The lowest BCUT2D eigenvalue weighted by molar-refractivity contribution is -0.385. The normalized spacial score (nSPS) is 13.5. The molecule has 4 rings (SSSR count). The Morgan fingerprint density at radius 3 is 2.52 bits per heavy atom. The molecular weight excluding hydrogens is 636 g/mol. The number of anilines is 1. The van der Waals surface area contributed by atoms with Gasteiger partial charge < -0.3 is 24.6 Å². The average molecular weight is 676 g/mol. The monoisotopic (exact) mass is 675 g/mol. The van der Waals surface area contributed by atoms with Crippen molar-refractivity contribution in [2.75, 3.05) is 56.2 Å². The van der Waals surface area contributed by atoms with E-state index in [1.165, 1.54) is 55.3 Å². The summed E-state index contributed by atoms with van der Waals surface area (Å²) in [5.74, 6) is 1.88. The minimum atomic E-state index is -0.554. The first kappa shape index (κ1) is 35.1. The van der Waals surface area contributed by atoms with E-state index < -0.39 is 16.6 Å². The number of nitro benzene ring substituents is 1. The molecule has 1 aliphatic rings. The van der Waals surface area contributed by atoms with Gasteiger partial charge in [0, 0.05) is 62.2 Å². The maximum atomic E-state index is 14.4. The fourth-order valence-corrected chi connectivity index (χ4v) is 5.75. The van der Waals surface area contributed by atoms with Crippen molar-refractivity contribution in [3.8, 4) is 17.2 Å². The van der Waals surface area contributed by atoms with Crippen molar-refractivity contribution in [1.82, 2.24) is 10.2 Å². The molecule has 0 bridgehead atoms. The Balaban J connectivity index is 1.48. The maximum Gasteiger partial charge on any atom is 0.311 e. The number of benzene rings is 3. The minimum Gasteiger partial charge on any atom is -0.487 e.